The smallest absolute Gasteiger partial charge is 0.246 e. The van der Waals surface area contributed by atoms with Crippen LogP contribution in [0.25, 0.3) is 0 Å². The fourth-order valence-corrected chi connectivity index (χ4v) is 4.74. The van der Waals surface area contributed by atoms with Crippen molar-refractivity contribution < 1.29 is 17.9 Å². The van der Waals surface area contributed by atoms with Crippen molar-refractivity contribution in [1.82, 2.24) is 0 Å². The van der Waals surface area contributed by atoms with E-state index in [1.165, 1.54) is 25.3 Å². The number of halogens is 1. The highest BCUT2D eigenvalue weighted by Gasteiger charge is 2.61. The molecule has 0 heterocycles. The summed E-state index contributed by atoms with van der Waals surface area (Å²) in [4.78, 5) is 12.9. The van der Waals surface area contributed by atoms with Gasteiger partial charge in [0.1, 0.15) is 5.75 Å². The van der Waals surface area contributed by atoms with Crippen LogP contribution in [-0.4, -0.2) is 26.2 Å². The van der Waals surface area contributed by atoms with Crippen molar-refractivity contribution in [2.75, 3.05) is 12.4 Å². The Balaban J connectivity index is 1.92. The minimum atomic E-state index is -3.78. The van der Waals surface area contributed by atoms with E-state index in [1.54, 1.807) is 24.3 Å². The third-order valence-electron chi connectivity index (χ3n) is 4.37. The first kappa shape index (κ1) is 17.8. The van der Waals surface area contributed by atoms with Gasteiger partial charge in [0.25, 0.3) is 0 Å². The van der Waals surface area contributed by atoms with Crippen LogP contribution in [0.3, 0.4) is 0 Å². The van der Waals surface area contributed by atoms with E-state index in [-0.39, 0.29) is 17.7 Å². The molecule has 0 aliphatic heterocycles. The number of anilines is 1. The number of nitrogens with one attached hydrogen (secondary N) is 1. The van der Waals surface area contributed by atoms with Gasteiger partial charge in [0.15, 0.2) is 14.6 Å². The predicted octanol–water partition coefficient (Wildman–Crippen LogP) is 3.60. The molecular weight excluding hydrogens is 362 g/mol. The van der Waals surface area contributed by atoms with Gasteiger partial charge < -0.3 is 10.1 Å². The molecule has 0 radical (unpaired) electrons. The topological polar surface area (TPSA) is 72.5 Å². The maximum atomic E-state index is 13.0. The predicted molar refractivity (Wildman–Crippen MR) is 97.0 cm³/mol. The molecule has 3 rings (SSSR count). The summed E-state index contributed by atoms with van der Waals surface area (Å²) in [6, 6.07) is 11.3. The number of methoxy groups -OCH3 is 1. The van der Waals surface area contributed by atoms with E-state index >= 15 is 0 Å². The Morgan fingerprint density at radius 3 is 2.36 bits per heavy atom. The SMILES string of the molecule is COc1ccc(Cl)cc1NC(=O)C1(S(=O)(=O)c2ccc(C)cc2)CC1. The quantitative estimate of drug-likeness (QED) is 0.861. The molecule has 0 atom stereocenters. The van der Waals surface area contributed by atoms with Gasteiger partial charge in [-0.1, -0.05) is 29.3 Å². The van der Waals surface area contributed by atoms with Crippen molar-refractivity contribution in [2.45, 2.75) is 29.4 Å². The molecule has 25 heavy (non-hydrogen) atoms. The zero-order chi connectivity index (χ0) is 18.2. The normalized spacial score (nSPS) is 15.5. The molecule has 0 aromatic heterocycles. The lowest BCUT2D eigenvalue weighted by atomic mass is 10.2. The molecular formula is C18H18ClNO4S. The number of sulfone groups is 1. The van der Waals surface area contributed by atoms with Crippen molar-refractivity contribution in [3.8, 4) is 5.75 Å². The summed E-state index contributed by atoms with van der Waals surface area (Å²) in [5.74, 6) is -0.144. The van der Waals surface area contributed by atoms with Crippen molar-refractivity contribution in [3.05, 3.63) is 53.1 Å². The number of ether oxygens (including phenoxy) is 1. The van der Waals surface area contributed by atoms with E-state index < -0.39 is 20.5 Å². The van der Waals surface area contributed by atoms with Crippen molar-refractivity contribution >= 4 is 33.0 Å². The second-order valence-electron chi connectivity index (χ2n) is 6.11. The zero-order valence-corrected chi connectivity index (χ0v) is 15.4. The summed E-state index contributed by atoms with van der Waals surface area (Å²) in [5.41, 5.74) is 1.31. The highest BCUT2D eigenvalue weighted by Crippen LogP contribution is 2.48. The number of carbonyl (C=O) groups is 1. The van der Waals surface area contributed by atoms with Crippen LogP contribution in [0.1, 0.15) is 18.4 Å². The molecule has 2 aromatic rings. The lowest BCUT2D eigenvalue weighted by molar-refractivity contribution is -0.116. The highest BCUT2D eigenvalue weighted by atomic mass is 35.5. The molecule has 1 fully saturated rings. The molecule has 1 N–H and O–H groups in total. The Morgan fingerprint density at radius 2 is 1.80 bits per heavy atom. The Morgan fingerprint density at radius 1 is 1.16 bits per heavy atom. The van der Waals surface area contributed by atoms with Gasteiger partial charge in [0, 0.05) is 5.02 Å². The molecule has 1 aliphatic carbocycles. The maximum absolute atomic E-state index is 13.0. The van der Waals surface area contributed by atoms with Crippen LogP contribution >= 0.6 is 11.6 Å². The van der Waals surface area contributed by atoms with E-state index in [4.69, 9.17) is 16.3 Å². The highest BCUT2D eigenvalue weighted by molar-refractivity contribution is 7.94. The van der Waals surface area contributed by atoms with Crippen LogP contribution in [0.15, 0.2) is 47.4 Å². The Hall–Kier alpha value is -2.05. The monoisotopic (exact) mass is 379 g/mol. The van der Waals surface area contributed by atoms with Crippen LogP contribution in [-0.2, 0) is 14.6 Å². The van der Waals surface area contributed by atoms with Crippen molar-refractivity contribution in [3.63, 3.8) is 0 Å². The minimum Gasteiger partial charge on any atom is -0.495 e. The number of amides is 1. The molecule has 1 saturated carbocycles. The molecule has 0 bridgehead atoms. The van der Waals surface area contributed by atoms with E-state index in [1.807, 2.05) is 6.92 Å². The van der Waals surface area contributed by atoms with Crippen LogP contribution < -0.4 is 10.1 Å². The summed E-state index contributed by atoms with van der Waals surface area (Å²) < 4.78 is 29.7. The Bertz CT molecular complexity index is 919. The lowest BCUT2D eigenvalue weighted by Crippen LogP contribution is -2.37. The van der Waals surface area contributed by atoms with E-state index in [0.29, 0.717) is 16.5 Å². The second-order valence-corrected chi connectivity index (χ2v) is 8.81. The molecule has 0 spiro atoms. The van der Waals surface area contributed by atoms with E-state index in [9.17, 15) is 13.2 Å². The Kier molecular flexibility index (Phi) is 4.51. The van der Waals surface area contributed by atoms with Crippen molar-refractivity contribution in [2.24, 2.45) is 0 Å². The first-order valence-electron chi connectivity index (χ1n) is 7.76. The third-order valence-corrected chi connectivity index (χ3v) is 7.12. The first-order chi connectivity index (χ1) is 11.8. The van der Waals surface area contributed by atoms with Crippen LogP contribution in [0.4, 0.5) is 5.69 Å². The number of hydrogen-bond acceptors (Lipinski definition) is 4. The molecule has 0 unspecified atom stereocenters. The number of rotatable bonds is 5. The average molecular weight is 380 g/mol. The van der Waals surface area contributed by atoms with Gasteiger partial charge in [-0.3, -0.25) is 4.79 Å². The molecule has 7 heteroatoms. The first-order valence-corrected chi connectivity index (χ1v) is 9.62. The van der Waals surface area contributed by atoms with Gasteiger partial charge in [-0.15, -0.1) is 0 Å². The third kappa shape index (κ3) is 3.12. The summed E-state index contributed by atoms with van der Waals surface area (Å²) in [7, 11) is -2.31. The fourth-order valence-electron chi connectivity index (χ4n) is 2.69. The second kappa shape index (κ2) is 6.35. The molecule has 0 saturated heterocycles. The van der Waals surface area contributed by atoms with Gasteiger partial charge >= 0.3 is 0 Å². The van der Waals surface area contributed by atoms with Gasteiger partial charge in [-0.2, -0.15) is 0 Å². The Labute approximate surface area is 151 Å². The summed E-state index contributed by atoms with van der Waals surface area (Å²) in [5, 5.41) is 3.08. The van der Waals surface area contributed by atoms with E-state index in [2.05, 4.69) is 5.32 Å². The summed E-state index contributed by atoms with van der Waals surface area (Å²) in [6.45, 7) is 1.88. The zero-order valence-electron chi connectivity index (χ0n) is 13.9. The molecule has 1 amide bonds. The summed E-state index contributed by atoms with van der Waals surface area (Å²) >= 11 is 5.96. The number of carbonyl (C=O) groups excluding carboxylic acids is 1. The number of hydrogen-bond donors (Lipinski definition) is 1. The molecule has 132 valence electrons. The number of aryl methyl sites for hydroxylation is 1. The van der Waals surface area contributed by atoms with Crippen LogP contribution in [0, 0.1) is 6.92 Å². The van der Waals surface area contributed by atoms with Gasteiger partial charge in [0.2, 0.25) is 5.91 Å². The van der Waals surface area contributed by atoms with Crippen molar-refractivity contribution in [1.29, 1.82) is 0 Å². The molecule has 1 aliphatic rings. The van der Waals surface area contributed by atoms with Gasteiger partial charge in [-0.05, 0) is 50.1 Å². The maximum Gasteiger partial charge on any atom is 0.246 e. The van der Waals surface area contributed by atoms with Gasteiger partial charge in [-0.25, -0.2) is 8.42 Å². The molecule has 2 aromatic carbocycles. The van der Waals surface area contributed by atoms with E-state index in [0.717, 1.165) is 5.56 Å². The van der Waals surface area contributed by atoms with Gasteiger partial charge in [0.05, 0.1) is 17.7 Å². The fraction of sp³-hybridized carbons (Fsp3) is 0.278. The number of benzene rings is 2. The summed E-state index contributed by atoms with van der Waals surface area (Å²) in [6.07, 6.45) is 0.579. The average Bonchev–Trinajstić information content (AvgIpc) is 3.38. The van der Waals surface area contributed by atoms with Crippen LogP contribution in [0.5, 0.6) is 5.75 Å². The minimum absolute atomic E-state index is 0.156. The lowest BCUT2D eigenvalue weighted by Gasteiger charge is -2.18. The largest absolute Gasteiger partial charge is 0.495 e. The van der Waals surface area contributed by atoms with Crippen LogP contribution in [0.2, 0.25) is 5.02 Å². The molecule has 5 nitrogen and oxygen atoms in total. The standard InChI is InChI=1S/C18H18ClNO4S/c1-12-3-6-14(7-4-12)25(22,23)18(9-10-18)17(21)20-15-11-13(19)5-8-16(15)24-2/h3-8,11H,9-10H2,1-2H3,(H,20,21).